The zero-order chi connectivity index (χ0) is 19.1. The van der Waals surface area contributed by atoms with E-state index < -0.39 is 18.0 Å². The molecule has 1 aliphatic heterocycles. The van der Waals surface area contributed by atoms with Crippen LogP contribution in [0.5, 0.6) is 11.5 Å². The average Bonchev–Trinajstić information content (AvgIpc) is 2.63. The Balaban J connectivity index is 2.36. The minimum atomic E-state index is -0.728. The second-order valence-electron chi connectivity index (χ2n) is 5.51. The lowest BCUT2D eigenvalue weighted by atomic mass is 9.94. The minimum absolute atomic E-state index is 0.124. The van der Waals surface area contributed by atoms with E-state index in [2.05, 4.69) is 10.6 Å². The molecule has 1 aliphatic rings. The van der Waals surface area contributed by atoms with Crippen LogP contribution < -0.4 is 20.1 Å². The second-order valence-corrected chi connectivity index (χ2v) is 5.51. The number of benzene rings is 1. The van der Waals surface area contributed by atoms with E-state index in [0.29, 0.717) is 41.5 Å². The first-order chi connectivity index (χ1) is 12.5. The van der Waals surface area contributed by atoms with E-state index in [-0.39, 0.29) is 6.61 Å². The summed E-state index contributed by atoms with van der Waals surface area (Å²) in [5.74, 6) is 0.560. The van der Waals surface area contributed by atoms with Crippen LogP contribution in [0.15, 0.2) is 29.5 Å². The SMILES string of the molecule is CCOCCOC(=O)C1=C(C)NC(=O)NC1c1cc(OC)ccc1OC. The first-order valence-corrected chi connectivity index (χ1v) is 8.26. The van der Waals surface area contributed by atoms with E-state index in [1.807, 2.05) is 6.92 Å². The van der Waals surface area contributed by atoms with E-state index in [0.717, 1.165) is 0 Å². The Morgan fingerprint density at radius 2 is 1.96 bits per heavy atom. The lowest BCUT2D eigenvalue weighted by Gasteiger charge is -2.29. The van der Waals surface area contributed by atoms with Gasteiger partial charge in [0.2, 0.25) is 0 Å². The molecule has 0 aromatic heterocycles. The fourth-order valence-electron chi connectivity index (χ4n) is 2.68. The fourth-order valence-corrected chi connectivity index (χ4v) is 2.68. The molecule has 0 radical (unpaired) electrons. The molecule has 1 atom stereocenters. The summed E-state index contributed by atoms with van der Waals surface area (Å²) in [7, 11) is 3.06. The monoisotopic (exact) mass is 364 g/mol. The Hall–Kier alpha value is -2.74. The summed E-state index contributed by atoms with van der Waals surface area (Å²) in [6.45, 7) is 4.49. The molecule has 8 nitrogen and oxygen atoms in total. The Bertz CT molecular complexity index is 701. The van der Waals surface area contributed by atoms with Gasteiger partial charge in [0.1, 0.15) is 18.1 Å². The highest BCUT2D eigenvalue weighted by molar-refractivity contribution is 5.95. The number of amides is 2. The molecule has 8 heteroatoms. The normalized spacial score (nSPS) is 16.6. The number of hydrogen-bond acceptors (Lipinski definition) is 6. The Labute approximate surface area is 152 Å². The van der Waals surface area contributed by atoms with Crippen molar-refractivity contribution in [3.8, 4) is 11.5 Å². The van der Waals surface area contributed by atoms with Crippen molar-refractivity contribution in [2.45, 2.75) is 19.9 Å². The summed E-state index contributed by atoms with van der Waals surface area (Å²) in [5, 5.41) is 5.35. The number of urea groups is 1. The van der Waals surface area contributed by atoms with Crippen molar-refractivity contribution in [3.63, 3.8) is 0 Å². The summed E-state index contributed by atoms with van der Waals surface area (Å²) >= 11 is 0. The van der Waals surface area contributed by atoms with Crippen molar-refractivity contribution < 1.29 is 28.5 Å². The molecule has 0 saturated heterocycles. The largest absolute Gasteiger partial charge is 0.497 e. The second kappa shape index (κ2) is 9.10. The molecular weight excluding hydrogens is 340 g/mol. The van der Waals surface area contributed by atoms with Gasteiger partial charge in [-0.05, 0) is 32.0 Å². The molecule has 1 aromatic rings. The molecule has 0 fully saturated rings. The lowest BCUT2D eigenvalue weighted by molar-refractivity contribution is -0.141. The maximum absolute atomic E-state index is 12.6. The maximum Gasteiger partial charge on any atom is 0.338 e. The predicted octanol–water partition coefficient (Wildman–Crippen LogP) is 1.91. The van der Waals surface area contributed by atoms with Gasteiger partial charge in [-0.25, -0.2) is 9.59 Å². The molecule has 1 heterocycles. The Morgan fingerprint density at radius 1 is 1.19 bits per heavy atom. The van der Waals surface area contributed by atoms with Crippen molar-refractivity contribution in [1.82, 2.24) is 10.6 Å². The van der Waals surface area contributed by atoms with Crippen LogP contribution in [0.3, 0.4) is 0 Å². The molecular formula is C18H24N2O6. The van der Waals surface area contributed by atoms with E-state index in [9.17, 15) is 9.59 Å². The van der Waals surface area contributed by atoms with Gasteiger partial charge >= 0.3 is 12.0 Å². The van der Waals surface area contributed by atoms with Crippen LogP contribution in [-0.4, -0.2) is 46.0 Å². The first kappa shape index (κ1) is 19.6. The molecule has 0 saturated carbocycles. The van der Waals surface area contributed by atoms with Gasteiger partial charge in [-0.3, -0.25) is 0 Å². The molecule has 142 valence electrons. The third-order valence-electron chi connectivity index (χ3n) is 3.90. The molecule has 0 aliphatic carbocycles. The van der Waals surface area contributed by atoms with Crippen LogP contribution in [0.2, 0.25) is 0 Å². The smallest absolute Gasteiger partial charge is 0.338 e. The van der Waals surface area contributed by atoms with Crippen LogP contribution in [-0.2, 0) is 14.3 Å². The van der Waals surface area contributed by atoms with E-state index in [4.69, 9.17) is 18.9 Å². The number of carbonyl (C=O) groups is 2. The third-order valence-corrected chi connectivity index (χ3v) is 3.90. The number of allylic oxidation sites excluding steroid dienone is 1. The summed E-state index contributed by atoms with van der Waals surface area (Å²) < 4.78 is 21.1. The van der Waals surface area contributed by atoms with Gasteiger partial charge in [0.25, 0.3) is 0 Å². The Morgan fingerprint density at radius 3 is 2.62 bits per heavy atom. The van der Waals surface area contributed by atoms with Crippen molar-refractivity contribution in [3.05, 3.63) is 35.0 Å². The highest BCUT2D eigenvalue weighted by Crippen LogP contribution is 2.35. The van der Waals surface area contributed by atoms with Gasteiger partial charge < -0.3 is 29.6 Å². The van der Waals surface area contributed by atoms with Gasteiger partial charge in [-0.1, -0.05) is 0 Å². The molecule has 2 N–H and O–H groups in total. The zero-order valence-electron chi connectivity index (χ0n) is 15.4. The van der Waals surface area contributed by atoms with Crippen molar-refractivity contribution >= 4 is 12.0 Å². The number of hydrogen-bond donors (Lipinski definition) is 2. The minimum Gasteiger partial charge on any atom is -0.497 e. The molecule has 1 unspecified atom stereocenters. The average molecular weight is 364 g/mol. The highest BCUT2D eigenvalue weighted by atomic mass is 16.6. The lowest BCUT2D eigenvalue weighted by Crippen LogP contribution is -2.45. The number of ether oxygens (including phenoxy) is 4. The fraction of sp³-hybridized carbons (Fsp3) is 0.444. The van der Waals surface area contributed by atoms with Crippen LogP contribution in [0.1, 0.15) is 25.5 Å². The molecule has 2 amide bonds. The zero-order valence-corrected chi connectivity index (χ0v) is 15.4. The number of esters is 1. The summed E-state index contributed by atoms with van der Waals surface area (Å²) in [4.78, 5) is 24.6. The molecule has 0 bridgehead atoms. The van der Waals surface area contributed by atoms with Crippen LogP contribution in [0.25, 0.3) is 0 Å². The van der Waals surface area contributed by atoms with Crippen LogP contribution in [0.4, 0.5) is 4.79 Å². The Kier molecular flexibility index (Phi) is 6.85. The number of methoxy groups -OCH3 is 2. The molecule has 26 heavy (non-hydrogen) atoms. The van der Waals surface area contributed by atoms with Crippen molar-refractivity contribution in [2.75, 3.05) is 34.0 Å². The van der Waals surface area contributed by atoms with Gasteiger partial charge in [0.05, 0.1) is 32.4 Å². The van der Waals surface area contributed by atoms with E-state index in [1.54, 1.807) is 25.1 Å². The van der Waals surface area contributed by atoms with Crippen molar-refractivity contribution in [2.24, 2.45) is 0 Å². The van der Waals surface area contributed by atoms with E-state index >= 15 is 0 Å². The topological polar surface area (TPSA) is 95.1 Å². The van der Waals surface area contributed by atoms with E-state index in [1.165, 1.54) is 14.2 Å². The van der Waals surface area contributed by atoms with Crippen LogP contribution in [0, 0.1) is 0 Å². The third kappa shape index (κ3) is 4.45. The van der Waals surface area contributed by atoms with Gasteiger partial charge in [0, 0.05) is 17.9 Å². The molecule has 2 rings (SSSR count). The quantitative estimate of drug-likeness (QED) is 0.540. The predicted molar refractivity (Wildman–Crippen MR) is 94.1 cm³/mol. The first-order valence-electron chi connectivity index (χ1n) is 8.26. The molecule has 1 aromatic carbocycles. The maximum atomic E-state index is 12.6. The summed E-state index contributed by atoms with van der Waals surface area (Å²) in [6.07, 6.45) is 0. The standard InChI is InChI=1S/C18H24N2O6/c1-5-25-8-9-26-17(21)15-11(2)19-18(22)20-16(15)13-10-12(23-3)6-7-14(13)24-4/h6-7,10,16H,5,8-9H2,1-4H3,(H2,19,20,22). The molecule has 0 spiro atoms. The van der Waals surface area contributed by atoms with Crippen LogP contribution >= 0.6 is 0 Å². The highest BCUT2D eigenvalue weighted by Gasteiger charge is 2.34. The van der Waals surface area contributed by atoms with Gasteiger partial charge in [0.15, 0.2) is 0 Å². The van der Waals surface area contributed by atoms with Crippen molar-refractivity contribution in [1.29, 1.82) is 0 Å². The van der Waals surface area contributed by atoms with Gasteiger partial charge in [-0.15, -0.1) is 0 Å². The summed E-state index contributed by atoms with van der Waals surface area (Å²) in [6, 6.07) is 4.03. The number of carbonyl (C=O) groups excluding carboxylic acids is 2. The summed E-state index contributed by atoms with van der Waals surface area (Å²) in [5.41, 5.74) is 1.32. The number of rotatable bonds is 8. The number of nitrogens with one attached hydrogen (secondary N) is 2. The van der Waals surface area contributed by atoms with Gasteiger partial charge in [-0.2, -0.15) is 0 Å².